The molecule has 3 N–H and O–H groups in total. The van der Waals surface area contributed by atoms with Gasteiger partial charge in [0.2, 0.25) is 0 Å². The molecular formula is C16H27N3S2. The van der Waals surface area contributed by atoms with Crippen molar-refractivity contribution >= 4 is 34.7 Å². The summed E-state index contributed by atoms with van der Waals surface area (Å²) in [6, 6.07) is 6.76. The number of nitrogens with one attached hydrogen (secondary N) is 1. The number of thiocarbonyl (C=S) groups is 1. The van der Waals surface area contributed by atoms with Crippen LogP contribution < -0.4 is 11.1 Å². The number of nitrogens with two attached hydrogens (primary N) is 1. The van der Waals surface area contributed by atoms with Crippen LogP contribution in [0, 0.1) is 0 Å². The molecule has 0 heterocycles. The number of hydrogen-bond acceptors (Lipinski definition) is 4. The Kier molecular flexibility index (Phi) is 8.07. The fourth-order valence-corrected chi connectivity index (χ4v) is 2.99. The quantitative estimate of drug-likeness (QED) is 0.413. The van der Waals surface area contributed by atoms with E-state index >= 15 is 0 Å². The van der Waals surface area contributed by atoms with Crippen LogP contribution in [0.15, 0.2) is 23.1 Å². The van der Waals surface area contributed by atoms with Gasteiger partial charge in [-0.3, -0.25) is 0 Å². The molecule has 0 aliphatic carbocycles. The molecule has 118 valence electrons. The van der Waals surface area contributed by atoms with Crippen molar-refractivity contribution in [3.63, 3.8) is 0 Å². The molecule has 0 amide bonds. The lowest BCUT2D eigenvalue weighted by molar-refractivity contribution is 0.269. The third-order valence-electron chi connectivity index (χ3n) is 3.63. The van der Waals surface area contributed by atoms with Gasteiger partial charge < -0.3 is 16.0 Å². The van der Waals surface area contributed by atoms with E-state index in [0.717, 1.165) is 35.7 Å². The summed E-state index contributed by atoms with van der Waals surface area (Å²) in [5.74, 6) is 0. The highest BCUT2D eigenvalue weighted by atomic mass is 32.2. The minimum atomic E-state index is 0.460. The molecule has 0 saturated carbocycles. The van der Waals surface area contributed by atoms with E-state index in [0.29, 0.717) is 11.0 Å². The molecule has 0 atom stereocenters. The zero-order chi connectivity index (χ0) is 15.8. The van der Waals surface area contributed by atoms with Crippen molar-refractivity contribution in [2.24, 2.45) is 5.73 Å². The summed E-state index contributed by atoms with van der Waals surface area (Å²) in [5, 5.41) is 3.47. The minimum absolute atomic E-state index is 0.460. The van der Waals surface area contributed by atoms with Crippen LogP contribution in [0.5, 0.6) is 0 Å². The van der Waals surface area contributed by atoms with E-state index < -0.39 is 0 Å². The van der Waals surface area contributed by atoms with Crippen molar-refractivity contribution < 1.29 is 0 Å². The molecule has 1 aromatic carbocycles. The Bertz CT molecular complexity index is 461. The second-order valence-electron chi connectivity index (χ2n) is 5.46. The highest BCUT2D eigenvalue weighted by Crippen LogP contribution is 2.27. The lowest BCUT2D eigenvalue weighted by Crippen LogP contribution is -2.27. The average molecular weight is 326 g/mol. The van der Waals surface area contributed by atoms with Crippen LogP contribution in [0.4, 0.5) is 5.69 Å². The smallest absolute Gasteiger partial charge is 0.107 e. The number of nitrogens with zero attached hydrogens (tertiary/aromatic N) is 1. The molecule has 0 aliphatic heterocycles. The van der Waals surface area contributed by atoms with Crippen LogP contribution in [0.1, 0.15) is 32.3 Å². The molecule has 1 aromatic rings. The van der Waals surface area contributed by atoms with Gasteiger partial charge in [-0.15, -0.1) is 11.8 Å². The number of benzene rings is 1. The van der Waals surface area contributed by atoms with Crippen LogP contribution in [0.2, 0.25) is 0 Å². The second kappa shape index (κ2) is 9.28. The summed E-state index contributed by atoms with van der Waals surface area (Å²) in [4.78, 5) is 3.96. The first-order valence-corrected chi connectivity index (χ1v) is 9.01. The molecule has 0 bridgehead atoms. The summed E-state index contributed by atoms with van der Waals surface area (Å²) < 4.78 is 0. The summed E-state index contributed by atoms with van der Waals surface area (Å²) in [6.45, 7) is 6.52. The van der Waals surface area contributed by atoms with E-state index in [2.05, 4.69) is 43.2 Å². The third-order valence-corrected chi connectivity index (χ3v) is 4.61. The van der Waals surface area contributed by atoms with Crippen molar-refractivity contribution in [2.45, 2.75) is 37.6 Å². The molecule has 21 heavy (non-hydrogen) atoms. The Morgan fingerprint density at radius 3 is 2.67 bits per heavy atom. The average Bonchev–Trinajstić information content (AvgIpc) is 2.45. The van der Waals surface area contributed by atoms with Gasteiger partial charge in [-0.05, 0) is 58.7 Å². The normalized spacial score (nSPS) is 11.1. The molecule has 0 unspecified atom stereocenters. The Morgan fingerprint density at radius 2 is 2.10 bits per heavy atom. The maximum Gasteiger partial charge on any atom is 0.107 e. The van der Waals surface area contributed by atoms with Gasteiger partial charge in [0.05, 0.1) is 0 Å². The van der Waals surface area contributed by atoms with Gasteiger partial charge in [-0.1, -0.05) is 18.3 Å². The van der Waals surface area contributed by atoms with E-state index in [4.69, 9.17) is 18.0 Å². The lowest BCUT2D eigenvalue weighted by atomic mass is 10.1. The first kappa shape index (κ1) is 18.3. The van der Waals surface area contributed by atoms with Gasteiger partial charge in [0.25, 0.3) is 0 Å². The molecule has 0 aromatic heterocycles. The topological polar surface area (TPSA) is 41.3 Å². The van der Waals surface area contributed by atoms with E-state index in [9.17, 15) is 0 Å². The fraction of sp³-hybridized carbons (Fsp3) is 0.562. The highest BCUT2D eigenvalue weighted by molar-refractivity contribution is 7.98. The third kappa shape index (κ3) is 5.85. The SMILES string of the molecule is CSc1cccc(NCCCCN(C)C(C)C)c1C(N)=S. The van der Waals surface area contributed by atoms with E-state index in [1.165, 1.54) is 6.42 Å². The molecule has 1 rings (SSSR count). The summed E-state index contributed by atoms with van der Waals surface area (Å²) in [6.07, 6.45) is 4.37. The molecule has 0 spiro atoms. The predicted octanol–water partition coefficient (Wildman–Crippen LogP) is 3.58. The van der Waals surface area contributed by atoms with Gasteiger partial charge in [0.1, 0.15) is 4.99 Å². The van der Waals surface area contributed by atoms with Crippen LogP contribution in [0.25, 0.3) is 0 Å². The minimum Gasteiger partial charge on any atom is -0.389 e. The van der Waals surface area contributed by atoms with Gasteiger partial charge in [-0.25, -0.2) is 0 Å². The zero-order valence-corrected chi connectivity index (χ0v) is 15.1. The van der Waals surface area contributed by atoms with Crippen molar-refractivity contribution in [2.75, 3.05) is 31.7 Å². The lowest BCUT2D eigenvalue weighted by Gasteiger charge is -2.21. The van der Waals surface area contributed by atoms with E-state index in [-0.39, 0.29) is 0 Å². The largest absolute Gasteiger partial charge is 0.389 e. The van der Waals surface area contributed by atoms with E-state index in [1.54, 1.807) is 11.8 Å². The Morgan fingerprint density at radius 1 is 1.38 bits per heavy atom. The van der Waals surface area contributed by atoms with E-state index in [1.807, 2.05) is 12.3 Å². The van der Waals surface area contributed by atoms with Crippen LogP contribution in [-0.4, -0.2) is 42.3 Å². The molecular weight excluding hydrogens is 298 g/mol. The van der Waals surface area contributed by atoms with Crippen molar-refractivity contribution in [3.8, 4) is 0 Å². The Labute approximate surface area is 138 Å². The first-order valence-electron chi connectivity index (χ1n) is 7.38. The van der Waals surface area contributed by atoms with Gasteiger partial charge >= 0.3 is 0 Å². The van der Waals surface area contributed by atoms with Gasteiger partial charge in [-0.2, -0.15) is 0 Å². The molecule has 0 saturated heterocycles. The standard InChI is InChI=1S/C16H27N3S2/c1-12(2)19(3)11-6-5-10-18-13-8-7-9-14(21-4)15(13)16(17)20/h7-9,12,18H,5-6,10-11H2,1-4H3,(H2,17,20). The Hall–Kier alpha value is -0.780. The maximum absolute atomic E-state index is 5.87. The monoisotopic (exact) mass is 325 g/mol. The number of rotatable bonds is 9. The molecule has 3 nitrogen and oxygen atoms in total. The summed E-state index contributed by atoms with van der Waals surface area (Å²) >= 11 is 6.86. The number of thioether (sulfide) groups is 1. The number of unbranched alkanes of at least 4 members (excludes halogenated alkanes) is 1. The van der Waals surface area contributed by atoms with Crippen molar-refractivity contribution in [1.82, 2.24) is 4.90 Å². The molecule has 0 fully saturated rings. The van der Waals surface area contributed by atoms with Gasteiger partial charge in [0.15, 0.2) is 0 Å². The molecule has 5 heteroatoms. The van der Waals surface area contributed by atoms with Crippen molar-refractivity contribution in [3.05, 3.63) is 23.8 Å². The van der Waals surface area contributed by atoms with Crippen molar-refractivity contribution in [1.29, 1.82) is 0 Å². The second-order valence-corrected chi connectivity index (χ2v) is 6.74. The highest BCUT2D eigenvalue weighted by Gasteiger charge is 2.10. The maximum atomic E-state index is 5.87. The predicted molar refractivity (Wildman–Crippen MR) is 99.6 cm³/mol. The van der Waals surface area contributed by atoms with Crippen LogP contribution in [-0.2, 0) is 0 Å². The molecule has 0 aliphatic rings. The summed E-state index contributed by atoms with van der Waals surface area (Å²) in [5.41, 5.74) is 7.89. The van der Waals surface area contributed by atoms with Crippen LogP contribution in [0.3, 0.4) is 0 Å². The number of anilines is 1. The fourth-order valence-electron chi connectivity index (χ4n) is 2.07. The zero-order valence-electron chi connectivity index (χ0n) is 13.5. The molecule has 0 radical (unpaired) electrons. The summed E-state index contributed by atoms with van der Waals surface area (Å²) in [7, 11) is 2.17. The number of hydrogen-bond donors (Lipinski definition) is 2. The Balaban J connectivity index is 2.51. The van der Waals surface area contributed by atoms with Crippen LogP contribution >= 0.6 is 24.0 Å². The van der Waals surface area contributed by atoms with Gasteiger partial charge in [0, 0.05) is 28.7 Å². The first-order chi connectivity index (χ1) is 9.97.